The number of benzene rings is 2. The monoisotopic (exact) mass is 564 g/mol. The van der Waals surface area contributed by atoms with Gasteiger partial charge in [0.1, 0.15) is 23.5 Å². The Morgan fingerprint density at radius 3 is 2.28 bits per heavy atom. The molecule has 0 spiro atoms. The van der Waals surface area contributed by atoms with Gasteiger partial charge in [0.2, 0.25) is 0 Å². The summed E-state index contributed by atoms with van der Waals surface area (Å²) in [4.78, 5) is 61.0. The van der Waals surface area contributed by atoms with E-state index < -0.39 is 28.8 Å². The number of nitrogen functional groups attached to an aromatic ring is 1. The number of hydrogen-bond donors (Lipinski definition) is 2. The maximum absolute atomic E-state index is 13.3. The number of amides is 3. The van der Waals surface area contributed by atoms with Gasteiger partial charge in [-0.3, -0.25) is 33.6 Å². The SMILES string of the molecule is COc1cc(Cl)c(-n2cnc(N)c(C(=O)Nc3cncc(CN4C(=O)c5ccccc5C4=O)c3)c2=O)c(Cl)c1. The number of anilines is 2. The van der Waals surface area contributed by atoms with Crippen molar-refractivity contribution in [3.63, 3.8) is 0 Å². The lowest BCUT2D eigenvalue weighted by Crippen LogP contribution is -2.31. The molecular formula is C26H18Cl2N6O5. The molecule has 0 bridgehead atoms. The molecule has 4 aromatic rings. The first-order chi connectivity index (χ1) is 18.7. The average molecular weight is 565 g/mol. The molecule has 0 radical (unpaired) electrons. The fourth-order valence-corrected chi connectivity index (χ4v) is 4.78. The fourth-order valence-electron chi connectivity index (χ4n) is 4.13. The van der Waals surface area contributed by atoms with Gasteiger partial charge in [-0.15, -0.1) is 0 Å². The Morgan fingerprint density at radius 1 is 1.03 bits per heavy atom. The van der Waals surface area contributed by atoms with Gasteiger partial charge in [0.05, 0.1) is 52.4 Å². The number of nitrogens with one attached hydrogen (secondary N) is 1. The lowest BCUT2D eigenvalue weighted by Gasteiger charge is -2.15. The summed E-state index contributed by atoms with van der Waals surface area (Å²) in [6.07, 6.45) is 3.91. The van der Waals surface area contributed by atoms with Crippen molar-refractivity contribution in [2.45, 2.75) is 6.54 Å². The Bertz CT molecular complexity index is 1680. The predicted octanol–water partition coefficient (Wildman–Crippen LogP) is 3.57. The molecule has 196 valence electrons. The van der Waals surface area contributed by atoms with Gasteiger partial charge in [0.15, 0.2) is 0 Å². The van der Waals surface area contributed by atoms with E-state index in [-0.39, 0.29) is 33.8 Å². The van der Waals surface area contributed by atoms with E-state index in [4.69, 9.17) is 33.7 Å². The Labute approximate surface area is 230 Å². The summed E-state index contributed by atoms with van der Waals surface area (Å²) in [5, 5.41) is 2.74. The van der Waals surface area contributed by atoms with Crippen molar-refractivity contribution >= 4 is 52.4 Å². The molecule has 0 fully saturated rings. The van der Waals surface area contributed by atoms with Crippen LogP contribution in [0.4, 0.5) is 11.5 Å². The molecule has 3 amide bonds. The molecule has 3 heterocycles. The van der Waals surface area contributed by atoms with Gasteiger partial charge in [0, 0.05) is 18.3 Å². The van der Waals surface area contributed by atoms with Gasteiger partial charge < -0.3 is 15.8 Å². The molecule has 0 saturated heterocycles. The van der Waals surface area contributed by atoms with Crippen molar-refractivity contribution in [3.05, 3.63) is 104 Å². The summed E-state index contributed by atoms with van der Waals surface area (Å²) in [5.74, 6) is -1.66. The summed E-state index contributed by atoms with van der Waals surface area (Å²) in [5.41, 5.74) is 6.02. The fraction of sp³-hybridized carbons (Fsp3) is 0.0769. The number of methoxy groups -OCH3 is 1. The van der Waals surface area contributed by atoms with Crippen molar-refractivity contribution in [2.75, 3.05) is 18.2 Å². The number of imide groups is 1. The number of carbonyl (C=O) groups excluding carboxylic acids is 3. The van der Waals surface area contributed by atoms with Crippen LogP contribution in [-0.2, 0) is 6.54 Å². The molecule has 11 nitrogen and oxygen atoms in total. The molecule has 1 aliphatic rings. The van der Waals surface area contributed by atoms with Crippen molar-refractivity contribution < 1.29 is 19.1 Å². The van der Waals surface area contributed by atoms with Crippen LogP contribution in [0, 0.1) is 0 Å². The Hall–Kier alpha value is -4.74. The summed E-state index contributed by atoms with van der Waals surface area (Å²) in [6.45, 7) is -0.0701. The van der Waals surface area contributed by atoms with Gasteiger partial charge in [0.25, 0.3) is 23.3 Å². The van der Waals surface area contributed by atoms with Gasteiger partial charge in [-0.1, -0.05) is 35.3 Å². The van der Waals surface area contributed by atoms with E-state index in [0.29, 0.717) is 22.4 Å². The molecule has 2 aromatic carbocycles. The van der Waals surface area contributed by atoms with Gasteiger partial charge >= 0.3 is 0 Å². The molecule has 13 heteroatoms. The smallest absolute Gasteiger partial charge is 0.273 e. The number of rotatable bonds is 6. The van der Waals surface area contributed by atoms with Crippen LogP contribution >= 0.6 is 23.2 Å². The number of carbonyl (C=O) groups is 3. The minimum Gasteiger partial charge on any atom is -0.497 e. The first-order valence-electron chi connectivity index (χ1n) is 11.3. The third-order valence-electron chi connectivity index (χ3n) is 5.97. The quantitative estimate of drug-likeness (QED) is 0.337. The number of nitrogens with zero attached hydrogens (tertiary/aromatic N) is 4. The van der Waals surface area contributed by atoms with E-state index in [2.05, 4.69) is 15.3 Å². The zero-order valence-electron chi connectivity index (χ0n) is 20.1. The Morgan fingerprint density at radius 2 is 1.67 bits per heavy atom. The standard InChI is InChI=1S/C26H18Cl2N6O5/c1-39-15-7-18(27)21(19(28)8-15)34-12-31-22(29)20(26(34)38)23(35)32-14-6-13(9-30-10-14)11-33-24(36)16-4-2-3-5-17(16)25(33)37/h2-10,12H,11,29H2,1H3,(H,32,35). The van der Waals surface area contributed by atoms with E-state index in [1.54, 1.807) is 24.3 Å². The number of pyridine rings is 1. The van der Waals surface area contributed by atoms with Gasteiger partial charge in [-0.25, -0.2) is 4.98 Å². The van der Waals surface area contributed by atoms with Crippen LogP contribution in [0.15, 0.2) is 66.0 Å². The normalized spacial score (nSPS) is 12.4. The third-order valence-corrected chi connectivity index (χ3v) is 6.54. The lowest BCUT2D eigenvalue weighted by atomic mass is 10.1. The maximum atomic E-state index is 13.3. The number of aromatic nitrogens is 3. The van der Waals surface area contributed by atoms with Crippen molar-refractivity contribution in [3.8, 4) is 11.4 Å². The minimum absolute atomic E-state index is 0.0701. The summed E-state index contributed by atoms with van der Waals surface area (Å²) >= 11 is 12.6. The van der Waals surface area contributed by atoms with Crippen LogP contribution in [0.1, 0.15) is 36.6 Å². The molecule has 3 N–H and O–H groups in total. The van der Waals surface area contributed by atoms with Crippen molar-refractivity contribution in [1.29, 1.82) is 0 Å². The predicted molar refractivity (Wildman–Crippen MR) is 144 cm³/mol. The Kier molecular flexibility index (Phi) is 6.77. The highest BCUT2D eigenvalue weighted by Crippen LogP contribution is 2.32. The molecule has 5 rings (SSSR count). The summed E-state index contributed by atoms with van der Waals surface area (Å²) in [7, 11) is 1.44. The molecular weight excluding hydrogens is 547 g/mol. The molecule has 1 aliphatic heterocycles. The van der Waals surface area contributed by atoms with Crippen LogP contribution in [-0.4, -0.2) is 44.3 Å². The highest BCUT2D eigenvalue weighted by molar-refractivity contribution is 6.38. The number of ether oxygens (including phenoxy) is 1. The lowest BCUT2D eigenvalue weighted by molar-refractivity contribution is 0.0641. The number of nitrogens with two attached hydrogens (primary N) is 1. The summed E-state index contributed by atoms with van der Waals surface area (Å²) in [6, 6.07) is 11.0. The second-order valence-electron chi connectivity index (χ2n) is 8.40. The largest absolute Gasteiger partial charge is 0.497 e. The van der Waals surface area contributed by atoms with E-state index in [1.807, 2.05) is 0 Å². The molecule has 0 aliphatic carbocycles. The first kappa shape index (κ1) is 25.9. The zero-order chi connectivity index (χ0) is 27.8. The van der Waals surface area contributed by atoms with Crippen LogP contribution in [0.25, 0.3) is 5.69 Å². The van der Waals surface area contributed by atoms with Gasteiger partial charge in [-0.2, -0.15) is 0 Å². The average Bonchev–Trinajstić information content (AvgIpc) is 3.14. The van der Waals surface area contributed by atoms with E-state index >= 15 is 0 Å². The highest BCUT2D eigenvalue weighted by atomic mass is 35.5. The van der Waals surface area contributed by atoms with E-state index in [0.717, 1.165) is 15.8 Å². The molecule has 0 atom stereocenters. The zero-order valence-corrected chi connectivity index (χ0v) is 21.7. The molecule has 0 unspecified atom stereocenters. The van der Waals surface area contributed by atoms with Crippen molar-refractivity contribution in [2.24, 2.45) is 0 Å². The molecule has 0 saturated carbocycles. The highest BCUT2D eigenvalue weighted by Gasteiger charge is 2.35. The maximum Gasteiger partial charge on any atom is 0.273 e. The second-order valence-corrected chi connectivity index (χ2v) is 9.21. The summed E-state index contributed by atoms with van der Waals surface area (Å²) < 4.78 is 6.13. The number of halogens is 2. The minimum atomic E-state index is -0.861. The first-order valence-corrected chi connectivity index (χ1v) is 12.1. The van der Waals surface area contributed by atoms with Gasteiger partial charge in [-0.05, 0) is 23.8 Å². The topological polar surface area (TPSA) is 150 Å². The van der Waals surface area contributed by atoms with E-state index in [1.165, 1.54) is 37.7 Å². The van der Waals surface area contributed by atoms with Crippen LogP contribution in [0.3, 0.4) is 0 Å². The third kappa shape index (κ3) is 4.69. The van der Waals surface area contributed by atoms with Crippen LogP contribution < -0.4 is 21.3 Å². The Balaban J connectivity index is 1.41. The number of hydrogen-bond acceptors (Lipinski definition) is 8. The van der Waals surface area contributed by atoms with Crippen LogP contribution in [0.2, 0.25) is 10.0 Å². The van der Waals surface area contributed by atoms with E-state index in [9.17, 15) is 19.2 Å². The second kappa shape index (κ2) is 10.2. The van der Waals surface area contributed by atoms with Crippen LogP contribution in [0.5, 0.6) is 5.75 Å². The molecule has 2 aromatic heterocycles. The van der Waals surface area contributed by atoms with Crippen molar-refractivity contribution in [1.82, 2.24) is 19.4 Å². The molecule has 39 heavy (non-hydrogen) atoms. The number of fused-ring (bicyclic) bond motifs is 1.